The Morgan fingerprint density at radius 2 is 1.79 bits per heavy atom. The molecule has 0 aromatic heterocycles. The zero-order valence-electron chi connectivity index (χ0n) is 14.6. The van der Waals surface area contributed by atoms with Crippen molar-refractivity contribution >= 4 is 0 Å². The number of piperidine rings is 1. The van der Waals surface area contributed by atoms with Crippen LogP contribution in [-0.2, 0) is 12.7 Å². The summed E-state index contributed by atoms with van der Waals surface area (Å²) in [7, 11) is 0. The summed E-state index contributed by atoms with van der Waals surface area (Å²) in [6.45, 7) is 8.67. The second-order valence-electron chi connectivity index (χ2n) is 7.84. The number of nitrogens with zero attached hydrogens (tertiary/aromatic N) is 2. The van der Waals surface area contributed by atoms with E-state index in [0.29, 0.717) is 18.5 Å². The van der Waals surface area contributed by atoms with Crippen LogP contribution in [0.2, 0.25) is 0 Å². The zero-order chi connectivity index (χ0) is 18.0. The highest BCUT2D eigenvalue weighted by Gasteiger charge is 2.43. The van der Waals surface area contributed by atoms with E-state index in [1.54, 1.807) is 6.07 Å². The first-order valence-electron chi connectivity index (χ1n) is 8.33. The van der Waals surface area contributed by atoms with Crippen molar-refractivity contribution in [3.05, 3.63) is 35.4 Å². The Kier molecular flexibility index (Phi) is 5.29. The Hall–Kier alpha value is -1.54. The topological polar surface area (TPSA) is 27.0 Å². The van der Waals surface area contributed by atoms with Gasteiger partial charge in [-0.05, 0) is 48.4 Å². The molecule has 0 amide bonds. The van der Waals surface area contributed by atoms with Gasteiger partial charge in [-0.15, -0.1) is 0 Å². The van der Waals surface area contributed by atoms with E-state index < -0.39 is 11.7 Å². The minimum Gasteiger partial charge on any atom is -0.299 e. The molecular weight excluding hydrogens is 313 g/mol. The Morgan fingerprint density at radius 3 is 2.29 bits per heavy atom. The lowest BCUT2D eigenvalue weighted by Gasteiger charge is -2.49. The Balaban J connectivity index is 2.05. The second-order valence-corrected chi connectivity index (χ2v) is 7.84. The van der Waals surface area contributed by atoms with Gasteiger partial charge in [0, 0.05) is 13.0 Å². The van der Waals surface area contributed by atoms with Gasteiger partial charge < -0.3 is 0 Å². The van der Waals surface area contributed by atoms with E-state index in [9.17, 15) is 18.4 Å². The van der Waals surface area contributed by atoms with Crippen LogP contribution >= 0.6 is 0 Å². The molecular formula is C19H25F3N2. The summed E-state index contributed by atoms with van der Waals surface area (Å²) in [6.07, 6.45) is -1.95. The van der Waals surface area contributed by atoms with Crippen LogP contribution < -0.4 is 0 Å². The van der Waals surface area contributed by atoms with Crippen molar-refractivity contribution in [1.82, 2.24) is 4.90 Å². The van der Waals surface area contributed by atoms with Crippen molar-refractivity contribution in [2.24, 2.45) is 10.8 Å². The molecule has 1 aliphatic rings. The molecule has 5 heteroatoms. The van der Waals surface area contributed by atoms with Crippen LogP contribution in [0.5, 0.6) is 0 Å². The highest BCUT2D eigenvalue weighted by molar-refractivity contribution is 5.25. The third-order valence-electron chi connectivity index (χ3n) is 5.48. The predicted molar refractivity (Wildman–Crippen MR) is 88.1 cm³/mol. The Labute approximate surface area is 142 Å². The van der Waals surface area contributed by atoms with Crippen LogP contribution in [0.15, 0.2) is 24.3 Å². The molecule has 0 unspecified atom stereocenters. The van der Waals surface area contributed by atoms with Crippen LogP contribution in [-0.4, -0.2) is 18.0 Å². The number of nitriles is 1. The van der Waals surface area contributed by atoms with Gasteiger partial charge in [-0.2, -0.15) is 18.4 Å². The summed E-state index contributed by atoms with van der Waals surface area (Å²) in [5.74, 6) is 0. The molecule has 0 radical (unpaired) electrons. The van der Waals surface area contributed by atoms with Gasteiger partial charge in [-0.3, -0.25) is 4.90 Å². The summed E-state index contributed by atoms with van der Waals surface area (Å²) >= 11 is 0. The van der Waals surface area contributed by atoms with Crippen molar-refractivity contribution in [2.45, 2.75) is 52.8 Å². The van der Waals surface area contributed by atoms with Crippen LogP contribution in [0.1, 0.15) is 51.2 Å². The molecule has 24 heavy (non-hydrogen) atoms. The lowest BCUT2D eigenvalue weighted by molar-refractivity contribution is -0.137. The third kappa shape index (κ3) is 4.10. The van der Waals surface area contributed by atoms with E-state index in [1.165, 1.54) is 12.1 Å². The molecule has 0 atom stereocenters. The fourth-order valence-electron chi connectivity index (χ4n) is 3.59. The molecule has 2 nitrogen and oxygen atoms in total. The molecule has 0 saturated carbocycles. The van der Waals surface area contributed by atoms with E-state index in [-0.39, 0.29) is 10.8 Å². The van der Waals surface area contributed by atoms with Crippen LogP contribution in [0.25, 0.3) is 0 Å². The average molecular weight is 338 g/mol. The lowest BCUT2D eigenvalue weighted by atomic mass is 9.60. The number of alkyl halides is 3. The maximum atomic E-state index is 12.8. The molecule has 0 spiro atoms. The van der Waals surface area contributed by atoms with Gasteiger partial charge in [0.25, 0.3) is 0 Å². The molecule has 1 aromatic rings. The summed E-state index contributed by atoms with van der Waals surface area (Å²) in [4.78, 5) is 2.19. The molecule has 1 aliphatic heterocycles. The number of likely N-dealkylation sites (tertiary alicyclic amines) is 1. The first-order chi connectivity index (χ1) is 11.1. The minimum atomic E-state index is -4.30. The summed E-state index contributed by atoms with van der Waals surface area (Å²) < 4.78 is 38.5. The van der Waals surface area contributed by atoms with Gasteiger partial charge in [-0.25, -0.2) is 0 Å². The number of hydrogen-bond donors (Lipinski definition) is 0. The van der Waals surface area contributed by atoms with Crippen molar-refractivity contribution in [3.63, 3.8) is 0 Å². The van der Waals surface area contributed by atoms with Gasteiger partial charge in [0.05, 0.1) is 11.6 Å². The largest absolute Gasteiger partial charge is 0.416 e. The van der Waals surface area contributed by atoms with Crippen molar-refractivity contribution < 1.29 is 13.2 Å². The smallest absolute Gasteiger partial charge is 0.299 e. The standard InChI is InChI=1S/C19H25F3N2/c1-17(2,3)18(7-10-23)8-11-24(12-9-18)14-15-5-4-6-16(13-15)19(20,21)22/h4-6,13H,7-9,11-12,14H2,1-3H3. The van der Waals surface area contributed by atoms with Gasteiger partial charge in [-0.1, -0.05) is 39.0 Å². The molecule has 2 rings (SSSR count). The quantitative estimate of drug-likeness (QED) is 0.753. The molecule has 0 N–H and O–H groups in total. The Morgan fingerprint density at radius 1 is 1.17 bits per heavy atom. The highest BCUT2D eigenvalue weighted by Crippen LogP contribution is 2.49. The van der Waals surface area contributed by atoms with Crippen LogP contribution in [0, 0.1) is 22.2 Å². The lowest BCUT2D eigenvalue weighted by Crippen LogP contribution is -2.46. The highest BCUT2D eigenvalue weighted by atomic mass is 19.4. The van der Waals surface area contributed by atoms with E-state index in [2.05, 4.69) is 31.7 Å². The second kappa shape index (κ2) is 6.76. The zero-order valence-corrected chi connectivity index (χ0v) is 14.6. The molecule has 1 fully saturated rings. The first-order valence-corrected chi connectivity index (χ1v) is 8.33. The van der Waals surface area contributed by atoms with Gasteiger partial charge in [0.2, 0.25) is 0 Å². The molecule has 0 aliphatic carbocycles. The molecule has 1 aromatic carbocycles. The number of rotatable bonds is 3. The van der Waals surface area contributed by atoms with Crippen molar-refractivity contribution in [2.75, 3.05) is 13.1 Å². The van der Waals surface area contributed by atoms with Crippen LogP contribution in [0.4, 0.5) is 13.2 Å². The third-order valence-corrected chi connectivity index (χ3v) is 5.48. The fourth-order valence-corrected chi connectivity index (χ4v) is 3.59. The van der Waals surface area contributed by atoms with Crippen LogP contribution in [0.3, 0.4) is 0 Å². The maximum absolute atomic E-state index is 12.8. The average Bonchev–Trinajstić information content (AvgIpc) is 2.48. The summed E-state index contributed by atoms with van der Waals surface area (Å²) in [6, 6.07) is 7.89. The predicted octanol–water partition coefficient (Wildman–Crippen LogP) is 5.25. The molecule has 1 heterocycles. The number of benzene rings is 1. The van der Waals surface area contributed by atoms with E-state index >= 15 is 0 Å². The molecule has 1 saturated heterocycles. The van der Waals surface area contributed by atoms with E-state index in [1.807, 2.05) is 0 Å². The minimum absolute atomic E-state index is 0.00787. The Bertz CT molecular complexity index is 600. The maximum Gasteiger partial charge on any atom is 0.416 e. The SMILES string of the molecule is CC(C)(C)C1(CC#N)CCN(Cc2cccc(C(F)(F)F)c2)CC1. The first kappa shape index (κ1) is 18.8. The summed E-state index contributed by atoms with van der Waals surface area (Å²) in [5.41, 5.74) is 0.135. The van der Waals surface area contributed by atoms with Gasteiger partial charge in [0.15, 0.2) is 0 Å². The van der Waals surface area contributed by atoms with Crippen molar-refractivity contribution in [1.29, 1.82) is 5.26 Å². The van der Waals surface area contributed by atoms with E-state index in [4.69, 9.17) is 0 Å². The molecule has 0 bridgehead atoms. The number of hydrogen-bond acceptors (Lipinski definition) is 2. The summed E-state index contributed by atoms with van der Waals surface area (Å²) in [5, 5.41) is 9.18. The fraction of sp³-hybridized carbons (Fsp3) is 0.632. The molecule has 132 valence electrons. The van der Waals surface area contributed by atoms with Crippen molar-refractivity contribution in [3.8, 4) is 6.07 Å². The monoisotopic (exact) mass is 338 g/mol. The van der Waals surface area contributed by atoms with E-state index in [0.717, 1.165) is 32.0 Å². The number of halogens is 3. The van der Waals surface area contributed by atoms with Gasteiger partial charge >= 0.3 is 6.18 Å². The normalized spacial score (nSPS) is 19.0. The van der Waals surface area contributed by atoms with Gasteiger partial charge in [0.1, 0.15) is 0 Å².